The van der Waals surface area contributed by atoms with E-state index in [1.165, 1.54) is 19.1 Å². The molecule has 0 aliphatic heterocycles. The Bertz CT molecular complexity index is 545. The highest BCUT2D eigenvalue weighted by atomic mass is 19.1. The first kappa shape index (κ1) is 10.8. The van der Waals surface area contributed by atoms with Gasteiger partial charge in [0.15, 0.2) is 5.78 Å². The molecule has 0 saturated heterocycles. The third-order valence-electron chi connectivity index (χ3n) is 2.55. The molecule has 0 atom stereocenters. The number of carbonyl (C=O) groups is 1. The van der Waals surface area contributed by atoms with Crippen molar-refractivity contribution in [2.45, 2.75) is 13.5 Å². The van der Waals surface area contributed by atoms with Crippen LogP contribution in [-0.2, 0) is 6.54 Å². The fraction of sp³-hybridized carbons (Fsp3) is 0.250. The lowest BCUT2D eigenvalue weighted by Crippen LogP contribution is -1.97. The van der Waals surface area contributed by atoms with Crippen LogP contribution in [-0.4, -0.2) is 17.0 Å². The molecule has 0 aliphatic rings. The van der Waals surface area contributed by atoms with Gasteiger partial charge in [-0.25, -0.2) is 8.78 Å². The molecule has 0 spiro atoms. The van der Waals surface area contributed by atoms with E-state index in [0.717, 1.165) is 0 Å². The van der Waals surface area contributed by atoms with Gasteiger partial charge in [0.05, 0.1) is 6.54 Å². The van der Waals surface area contributed by atoms with E-state index in [4.69, 9.17) is 0 Å². The van der Waals surface area contributed by atoms with Crippen LogP contribution in [0, 0.1) is 5.82 Å². The number of Topliss-reactive ketones (excluding diaryl/α,β-unsaturated/α-hetero) is 1. The Balaban J connectivity index is 2.71. The van der Waals surface area contributed by atoms with Crippen molar-refractivity contribution in [1.29, 1.82) is 0 Å². The van der Waals surface area contributed by atoms with E-state index >= 15 is 0 Å². The molecule has 1 aromatic carbocycles. The molecule has 1 heterocycles. The molecule has 0 unspecified atom stereocenters. The van der Waals surface area contributed by atoms with Crippen molar-refractivity contribution >= 4 is 16.7 Å². The lowest BCUT2D eigenvalue weighted by atomic mass is 10.1. The lowest BCUT2D eigenvalue weighted by molar-refractivity contribution is 0.101. The summed E-state index contributed by atoms with van der Waals surface area (Å²) in [6.07, 6.45) is 1.58. The molecule has 84 valence electrons. The van der Waals surface area contributed by atoms with Gasteiger partial charge >= 0.3 is 0 Å². The van der Waals surface area contributed by atoms with Gasteiger partial charge in [0.2, 0.25) is 0 Å². The highest BCUT2D eigenvalue weighted by Gasteiger charge is 2.12. The van der Waals surface area contributed by atoms with Gasteiger partial charge in [0.25, 0.3) is 0 Å². The van der Waals surface area contributed by atoms with Crippen LogP contribution in [0.3, 0.4) is 0 Å². The standard InChI is InChI=1S/C12H11F2NO/c1-8(16)11-7-15(5-4-13)12-3-2-9(14)6-10(11)12/h2-3,6-7H,4-5H2,1H3. The van der Waals surface area contributed by atoms with Crippen LogP contribution in [0.25, 0.3) is 10.9 Å². The summed E-state index contributed by atoms with van der Waals surface area (Å²) < 4.78 is 27.0. The van der Waals surface area contributed by atoms with E-state index in [1.807, 2.05) is 0 Å². The fourth-order valence-electron chi connectivity index (χ4n) is 1.83. The molecule has 2 nitrogen and oxygen atoms in total. The average molecular weight is 223 g/mol. The van der Waals surface area contributed by atoms with Gasteiger partial charge in [-0.1, -0.05) is 0 Å². The Morgan fingerprint density at radius 2 is 2.19 bits per heavy atom. The monoisotopic (exact) mass is 223 g/mol. The summed E-state index contributed by atoms with van der Waals surface area (Å²) in [5, 5.41) is 0.543. The minimum absolute atomic E-state index is 0.145. The summed E-state index contributed by atoms with van der Waals surface area (Å²) in [4.78, 5) is 11.4. The van der Waals surface area contributed by atoms with Gasteiger partial charge in [-0.3, -0.25) is 4.79 Å². The quantitative estimate of drug-likeness (QED) is 0.733. The van der Waals surface area contributed by atoms with Crippen molar-refractivity contribution in [1.82, 2.24) is 4.57 Å². The third kappa shape index (κ3) is 1.71. The maximum Gasteiger partial charge on any atom is 0.161 e. The van der Waals surface area contributed by atoms with Crippen LogP contribution in [0.1, 0.15) is 17.3 Å². The number of aryl methyl sites for hydroxylation is 1. The van der Waals surface area contributed by atoms with Crippen LogP contribution >= 0.6 is 0 Å². The molecule has 0 N–H and O–H groups in total. The number of ketones is 1. The molecule has 2 aromatic rings. The first-order valence-electron chi connectivity index (χ1n) is 4.99. The van der Waals surface area contributed by atoms with Crippen LogP contribution < -0.4 is 0 Å². The number of carbonyl (C=O) groups excluding carboxylic acids is 1. The zero-order valence-electron chi connectivity index (χ0n) is 8.84. The van der Waals surface area contributed by atoms with Crippen LogP contribution in [0.2, 0.25) is 0 Å². The summed E-state index contributed by atoms with van der Waals surface area (Å²) in [5.74, 6) is -0.541. The molecule has 16 heavy (non-hydrogen) atoms. The Labute approximate surface area is 91.5 Å². The normalized spacial score (nSPS) is 10.9. The topological polar surface area (TPSA) is 22.0 Å². The first-order chi connectivity index (χ1) is 7.63. The molecule has 0 radical (unpaired) electrons. The number of aromatic nitrogens is 1. The second-order valence-corrected chi connectivity index (χ2v) is 3.64. The Hall–Kier alpha value is -1.71. The number of alkyl halides is 1. The number of benzene rings is 1. The van der Waals surface area contributed by atoms with Gasteiger partial charge < -0.3 is 4.57 Å². The van der Waals surface area contributed by atoms with Gasteiger partial charge in [-0.15, -0.1) is 0 Å². The molecule has 1 aromatic heterocycles. The molecule has 0 fully saturated rings. The van der Waals surface area contributed by atoms with Gasteiger partial charge in [0, 0.05) is 22.7 Å². The molecular weight excluding hydrogens is 212 g/mol. The summed E-state index contributed by atoms with van der Waals surface area (Å²) in [7, 11) is 0. The number of rotatable bonds is 3. The summed E-state index contributed by atoms with van der Waals surface area (Å²) in [6, 6.07) is 4.18. The lowest BCUT2D eigenvalue weighted by Gasteiger charge is -2.00. The highest BCUT2D eigenvalue weighted by Crippen LogP contribution is 2.23. The van der Waals surface area contributed by atoms with Crippen molar-refractivity contribution < 1.29 is 13.6 Å². The van der Waals surface area contributed by atoms with Gasteiger partial charge in [-0.05, 0) is 25.1 Å². The maximum absolute atomic E-state index is 13.1. The third-order valence-corrected chi connectivity index (χ3v) is 2.55. The first-order valence-corrected chi connectivity index (χ1v) is 4.99. The largest absolute Gasteiger partial charge is 0.344 e. The van der Waals surface area contributed by atoms with Crippen molar-refractivity contribution in [2.24, 2.45) is 0 Å². The maximum atomic E-state index is 13.1. The summed E-state index contributed by atoms with van der Waals surface area (Å²) in [5.41, 5.74) is 1.12. The number of halogens is 2. The van der Waals surface area contributed by atoms with Crippen molar-refractivity contribution in [3.63, 3.8) is 0 Å². The van der Waals surface area contributed by atoms with E-state index in [1.54, 1.807) is 16.8 Å². The van der Waals surface area contributed by atoms with Crippen LogP contribution in [0.4, 0.5) is 8.78 Å². The van der Waals surface area contributed by atoms with E-state index < -0.39 is 12.5 Å². The summed E-state index contributed by atoms with van der Waals surface area (Å²) >= 11 is 0. The van der Waals surface area contributed by atoms with Gasteiger partial charge in [-0.2, -0.15) is 0 Å². The highest BCUT2D eigenvalue weighted by molar-refractivity contribution is 6.06. The molecule has 0 saturated carbocycles. The second kappa shape index (κ2) is 4.04. The summed E-state index contributed by atoms with van der Waals surface area (Å²) in [6.45, 7) is 1.08. The molecule has 0 amide bonds. The zero-order valence-corrected chi connectivity index (χ0v) is 8.84. The second-order valence-electron chi connectivity index (χ2n) is 3.64. The van der Waals surface area contributed by atoms with E-state index in [0.29, 0.717) is 16.5 Å². The predicted octanol–water partition coefficient (Wildman–Crippen LogP) is 2.95. The minimum Gasteiger partial charge on any atom is -0.344 e. The van der Waals surface area contributed by atoms with E-state index in [9.17, 15) is 13.6 Å². The average Bonchev–Trinajstić information content (AvgIpc) is 2.57. The molecule has 4 heteroatoms. The van der Waals surface area contributed by atoms with E-state index in [-0.39, 0.29) is 12.3 Å². The number of nitrogens with zero attached hydrogens (tertiary/aromatic N) is 1. The smallest absolute Gasteiger partial charge is 0.161 e. The van der Waals surface area contributed by atoms with E-state index in [2.05, 4.69) is 0 Å². The minimum atomic E-state index is -0.515. The predicted molar refractivity (Wildman–Crippen MR) is 57.9 cm³/mol. The fourth-order valence-corrected chi connectivity index (χ4v) is 1.83. The van der Waals surface area contributed by atoms with Crippen LogP contribution in [0.15, 0.2) is 24.4 Å². The molecule has 0 bridgehead atoms. The number of fused-ring (bicyclic) bond motifs is 1. The molecule has 2 rings (SSSR count). The number of hydrogen-bond donors (Lipinski definition) is 0. The van der Waals surface area contributed by atoms with Crippen molar-refractivity contribution in [2.75, 3.05) is 6.67 Å². The zero-order chi connectivity index (χ0) is 11.7. The Morgan fingerprint density at radius 1 is 1.44 bits per heavy atom. The van der Waals surface area contributed by atoms with Gasteiger partial charge in [0.1, 0.15) is 12.5 Å². The Morgan fingerprint density at radius 3 is 2.81 bits per heavy atom. The van der Waals surface area contributed by atoms with Crippen LogP contribution in [0.5, 0.6) is 0 Å². The molecule has 0 aliphatic carbocycles. The van der Waals surface area contributed by atoms with Crippen molar-refractivity contribution in [3.05, 3.63) is 35.8 Å². The SMILES string of the molecule is CC(=O)c1cn(CCF)c2ccc(F)cc12. The Kier molecular flexibility index (Phi) is 2.73. The van der Waals surface area contributed by atoms with Crippen molar-refractivity contribution in [3.8, 4) is 0 Å². The number of hydrogen-bond acceptors (Lipinski definition) is 1. The molecular formula is C12H11F2NO.